The van der Waals surface area contributed by atoms with Gasteiger partial charge in [-0.2, -0.15) is 0 Å². The predicted molar refractivity (Wildman–Crippen MR) is 49.3 cm³/mol. The van der Waals surface area contributed by atoms with E-state index in [2.05, 4.69) is 9.97 Å². The molecule has 1 aromatic rings. The maximum atomic E-state index is 10.9. The zero-order valence-corrected chi connectivity index (χ0v) is 8.31. The molecule has 0 saturated heterocycles. The molecule has 0 amide bonds. The third kappa shape index (κ3) is 2.70. The molecule has 0 aliphatic carbocycles. The van der Waals surface area contributed by atoms with Crippen LogP contribution in [0.15, 0.2) is 6.07 Å². The molecule has 1 rings (SSSR count). The third-order valence-electron chi connectivity index (χ3n) is 1.36. The molecule has 12 heavy (non-hydrogen) atoms. The molecule has 0 aliphatic heterocycles. The van der Waals surface area contributed by atoms with Crippen LogP contribution in [0.5, 0.6) is 0 Å². The molecule has 0 radical (unpaired) electrons. The topological polar surface area (TPSA) is 42.9 Å². The summed E-state index contributed by atoms with van der Waals surface area (Å²) >= 11 is 0. The molecule has 0 N–H and O–H groups in total. The molecular formula is C8H12N2OS. The lowest BCUT2D eigenvalue weighted by Gasteiger charge is -2.00. The van der Waals surface area contributed by atoms with Gasteiger partial charge in [-0.3, -0.25) is 4.21 Å². The number of nitrogens with zero attached hydrogens (tertiary/aromatic N) is 2. The second kappa shape index (κ2) is 3.76. The normalized spacial score (nSPS) is 12.9. The fourth-order valence-corrected chi connectivity index (χ4v) is 1.54. The standard InChI is InChI=1S/C8H12N2OS/c1-6-4-7(2)10-8(9-6)5-12(3)11/h4H,5H2,1-3H3. The number of aryl methyl sites for hydroxylation is 2. The summed E-state index contributed by atoms with van der Waals surface area (Å²) in [5.74, 6) is 1.12. The first kappa shape index (κ1) is 9.32. The minimum absolute atomic E-state index is 0.447. The van der Waals surface area contributed by atoms with Crippen molar-refractivity contribution in [2.24, 2.45) is 0 Å². The van der Waals surface area contributed by atoms with E-state index < -0.39 is 10.8 Å². The van der Waals surface area contributed by atoms with Crippen LogP contribution in [0, 0.1) is 13.8 Å². The third-order valence-corrected chi connectivity index (χ3v) is 2.03. The highest BCUT2D eigenvalue weighted by atomic mass is 32.2. The molecular weight excluding hydrogens is 172 g/mol. The fourth-order valence-electron chi connectivity index (χ4n) is 1.05. The Morgan fingerprint density at radius 2 is 1.83 bits per heavy atom. The van der Waals surface area contributed by atoms with Gasteiger partial charge in [-0.25, -0.2) is 9.97 Å². The van der Waals surface area contributed by atoms with Crippen LogP contribution in [-0.2, 0) is 16.6 Å². The molecule has 1 atom stereocenters. The van der Waals surface area contributed by atoms with Gasteiger partial charge in [0.05, 0.1) is 5.75 Å². The van der Waals surface area contributed by atoms with Gasteiger partial charge in [0.15, 0.2) is 0 Å². The molecule has 1 aromatic heterocycles. The average Bonchev–Trinajstić information content (AvgIpc) is 1.81. The van der Waals surface area contributed by atoms with Gasteiger partial charge in [-0.1, -0.05) is 0 Å². The Bertz CT molecular complexity index is 292. The summed E-state index contributed by atoms with van der Waals surface area (Å²) < 4.78 is 10.9. The summed E-state index contributed by atoms with van der Waals surface area (Å²) in [4.78, 5) is 8.34. The fraction of sp³-hybridized carbons (Fsp3) is 0.500. The van der Waals surface area contributed by atoms with Crippen LogP contribution in [0.4, 0.5) is 0 Å². The van der Waals surface area contributed by atoms with E-state index in [9.17, 15) is 4.21 Å². The SMILES string of the molecule is Cc1cc(C)nc(CS(C)=O)n1. The van der Waals surface area contributed by atoms with Crippen molar-refractivity contribution in [1.82, 2.24) is 9.97 Å². The van der Waals surface area contributed by atoms with Crippen molar-refractivity contribution in [1.29, 1.82) is 0 Å². The van der Waals surface area contributed by atoms with Crippen LogP contribution < -0.4 is 0 Å². The van der Waals surface area contributed by atoms with Gasteiger partial charge in [-0.05, 0) is 19.9 Å². The van der Waals surface area contributed by atoms with Gasteiger partial charge in [0, 0.05) is 28.4 Å². The number of hydrogen-bond donors (Lipinski definition) is 0. The van der Waals surface area contributed by atoms with Crippen LogP contribution >= 0.6 is 0 Å². The summed E-state index contributed by atoms with van der Waals surface area (Å²) in [6.45, 7) is 3.83. The predicted octanol–water partition coefficient (Wildman–Crippen LogP) is 0.972. The van der Waals surface area contributed by atoms with Crippen molar-refractivity contribution in [2.45, 2.75) is 19.6 Å². The van der Waals surface area contributed by atoms with Crippen LogP contribution in [0.1, 0.15) is 17.2 Å². The Hall–Kier alpha value is -0.770. The first-order chi connectivity index (χ1) is 5.58. The average molecular weight is 184 g/mol. The van der Waals surface area contributed by atoms with E-state index in [1.54, 1.807) is 6.26 Å². The summed E-state index contributed by atoms with van der Waals surface area (Å²) in [5.41, 5.74) is 1.87. The molecule has 0 aromatic carbocycles. The summed E-state index contributed by atoms with van der Waals surface area (Å²) in [6.07, 6.45) is 1.65. The van der Waals surface area contributed by atoms with Crippen LogP contribution in [0.25, 0.3) is 0 Å². The lowest BCUT2D eigenvalue weighted by Crippen LogP contribution is -2.02. The first-order valence-corrected chi connectivity index (χ1v) is 5.42. The number of aromatic nitrogens is 2. The molecule has 1 heterocycles. The number of hydrogen-bond acceptors (Lipinski definition) is 3. The highest BCUT2D eigenvalue weighted by molar-refractivity contribution is 7.83. The molecule has 0 aliphatic rings. The second-order valence-corrected chi connectivity index (χ2v) is 4.22. The van der Waals surface area contributed by atoms with Crippen molar-refractivity contribution in [3.8, 4) is 0 Å². The Morgan fingerprint density at radius 1 is 1.33 bits per heavy atom. The maximum Gasteiger partial charge on any atom is 0.141 e. The van der Waals surface area contributed by atoms with E-state index in [0.717, 1.165) is 11.4 Å². The van der Waals surface area contributed by atoms with Gasteiger partial charge < -0.3 is 0 Å². The molecule has 0 saturated carbocycles. The van der Waals surface area contributed by atoms with Gasteiger partial charge in [0.2, 0.25) is 0 Å². The van der Waals surface area contributed by atoms with E-state index >= 15 is 0 Å². The van der Waals surface area contributed by atoms with E-state index in [1.807, 2.05) is 19.9 Å². The van der Waals surface area contributed by atoms with Gasteiger partial charge in [0.1, 0.15) is 5.82 Å². The van der Waals surface area contributed by atoms with Crippen molar-refractivity contribution < 1.29 is 4.21 Å². The van der Waals surface area contributed by atoms with Crippen LogP contribution in [0.3, 0.4) is 0 Å². The van der Waals surface area contributed by atoms with Crippen molar-refractivity contribution in [3.63, 3.8) is 0 Å². The summed E-state index contributed by atoms with van der Waals surface area (Å²) in [7, 11) is -0.858. The molecule has 3 nitrogen and oxygen atoms in total. The quantitative estimate of drug-likeness (QED) is 0.688. The molecule has 66 valence electrons. The van der Waals surface area contributed by atoms with Gasteiger partial charge >= 0.3 is 0 Å². The van der Waals surface area contributed by atoms with E-state index in [-0.39, 0.29) is 0 Å². The molecule has 0 spiro atoms. The molecule has 1 unspecified atom stereocenters. The minimum Gasteiger partial charge on any atom is -0.259 e. The lowest BCUT2D eigenvalue weighted by molar-refractivity contribution is 0.685. The van der Waals surface area contributed by atoms with Crippen molar-refractivity contribution in [3.05, 3.63) is 23.3 Å². The molecule has 0 bridgehead atoms. The monoisotopic (exact) mass is 184 g/mol. The number of rotatable bonds is 2. The second-order valence-electron chi connectivity index (χ2n) is 2.78. The van der Waals surface area contributed by atoms with Crippen LogP contribution in [-0.4, -0.2) is 20.4 Å². The lowest BCUT2D eigenvalue weighted by atomic mass is 10.3. The Labute approximate surface area is 74.7 Å². The summed E-state index contributed by atoms with van der Waals surface area (Å²) in [6, 6.07) is 1.90. The van der Waals surface area contributed by atoms with Gasteiger partial charge in [-0.15, -0.1) is 0 Å². The first-order valence-electron chi connectivity index (χ1n) is 3.69. The highest BCUT2D eigenvalue weighted by Crippen LogP contribution is 2.00. The Balaban J connectivity index is 2.93. The van der Waals surface area contributed by atoms with Crippen LogP contribution in [0.2, 0.25) is 0 Å². The van der Waals surface area contributed by atoms with Gasteiger partial charge in [0.25, 0.3) is 0 Å². The Morgan fingerprint density at radius 3 is 2.25 bits per heavy atom. The molecule has 4 heteroatoms. The smallest absolute Gasteiger partial charge is 0.141 e. The maximum absolute atomic E-state index is 10.9. The summed E-state index contributed by atoms with van der Waals surface area (Å²) in [5, 5.41) is 0. The zero-order chi connectivity index (χ0) is 9.14. The van der Waals surface area contributed by atoms with Crippen molar-refractivity contribution in [2.75, 3.05) is 6.26 Å². The van der Waals surface area contributed by atoms with Crippen molar-refractivity contribution >= 4 is 10.8 Å². The largest absolute Gasteiger partial charge is 0.259 e. The van der Waals surface area contributed by atoms with E-state index in [1.165, 1.54) is 0 Å². The van der Waals surface area contributed by atoms with E-state index in [0.29, 0.717) is 11.6 Å². The zero-order valence-electron chi connectivity index (χ0n) is 7.50. The minimum atomic E-state index is -0.858. The Kier molecular flexibility index (Phi) is 2.92. The molecule has 0 fully saturated rings. The highest BCUT2D eigenvalue weighted by Gasteiger charge is 2.00. The van der Waals surface area contributed by atoms with E-state index in [4.69, 9.17) is 0 Å².